The number of benzene rings is 3. The maximum atomic E-state index is 12.2. The number of hydrogen-bond acceptors (Lipinski definition) is 4. The van der Waals surface area contributed by atoms with E-state index in [1.807, 2.05) is 41.5 Å². The summed E-state index contributed by atoms with van der Waals surface area (Å²) in [5.74, 6) is 2.45. The van der Waals surface area contributed by atoms with E-state index in [1.165, 1.54) is 22.3 Å². The van der Waals surface area contributed by atoms with E-state index < -0.39 is 22.3 Å². The molecule has 3 aromatic rings. The molecule has 1 fully saturated rings. The first kappa shape index (κ1) is 47.4. The van der Waals surface area contributed by atoms with Gasteiger partial charge in [-0.25, -0.2) is 9.98 Å². The average Bonchev–Trinajstić information content (AvgIpc) is 3.16. The predicted molar refractivity (Wildman–Crippen MR) is 226 cm³/mol. The molecule has 0 N–H and O–H groups in total. The molecular formula is C45H64Cl2N4NiO2. The Morgan fingerprint density at radius 2 is 0.815 bits per heavy atom. The van der Waals surface area contributed by atoms with Gasteiger partial charge in [-0.05, 0) is 74.3 Å². The molecule has 1 aliphatic heterocycles. The average molecular weight is 823 g/mol. The fourth-order valence-corrected chi connectivity index (χ4v) is 7.78. The van der Waals surface area contributed by atoms with Crippen LogP contribution in [0.25, 0.3) is 0 Å². The minimum atomic E-state index is -0.540. The molecule has 1 heterocycles. The molecule has 0 bridgehead atoms. The third-order valence-electron chi connectivity index (χ3n) is 9.82. The molecule has 0 aliphatic carbocycles. The summed E-state index contributed by atoms with van der Waals surface area (Å²) >= 11 is 12.4. The fraction of sp³-hybridized carbons (Fsp3) is 0.556. The first-order valence-corrected chi connectivity index (χ1v) is 19.9. The zero-order chi connectivity index (χ0) is 40.3. The number of halogens is 2. The van der Waals surface area contributed by atoms with E-state index in [4.69, 9.17) is 33.2 Å². The van der Waals surface area contributed by atoms with E-state index in [-0.39, 0.29) is 26.5 Å². The first-order chi connectivity index (χ1) is 24.4. The SMILES string of the molecule is CC(C)(C)c1c([O-])c([O-])c(C(C)(C)C)c(Cl)c1Cl.CC(C)c1cccc(C(C)C)c1N=C1C(=Nc2c(C(C)C)cccc2C(C)C)N(C)CCCN1C.[Ni+2]. The van der Waals surface area contributed by atoms with Crippen molar-refractivity contribution in [3.8, 4) is 11.5 Å². The topological polar surface area (TPSA) is 77.3 Å². The van der Waals surface area contributed by atoms with Crippen LogP contribution >= 0.6 is 23.2 Å². The van der Waals surface area contributed by atoms with Gasteiger partial charge in [0.2, 0.25) is 0 Å². The third kappa shape index (κ3) is 10.8. The van der Waals surface area contributed by atoms with Crippen LogP contribution in [-0.4, -0.2) is 48.7 Å². The van der Waals surface area contributed by atoms with Gasteiger partial charge in [0, 0.05) is 27.2 Å². The van der Waals surface area contributed by atoms with Crippen LogP contribution in [0.2, 0.25) is 10.0 Å². The van der Waals surface area contributed by atoms with Crippen molar-refractivity contribution in [2.24, 2.45) is 9.98 Å². The van der Waals surface area contributed by atoms with Crippen molar-refractivity contribution in [1.29, 1.82) is 0 Å². The number of aliphatic imine (C=N–C) groups is 2. The fourth-order valence-electron chi connectivity index (χ4n) is 6.85. The number of amidine groups is 2. The van der Waals surface area contributed by atoms with Crippen molar-refractivity contribution in [1.82, 2.24) is 9.80 Å². The summed E-state index contributed by atoms with van der Waals surface area (Å²) in [6.45, 7) is 31.0. The van der Waals surface area contributed by atoms with Crippen LogP contribution in [0.5, 0.6) is 11.5 Å². The van der Waals surface area contributed by atoms with Gasteiger partial charge < -0.3 is 20.0 Å². The van der Waals surface area contributed by atoms with Gasteiger partial charge in [-0.3, -0.25) is 0 Å². The van der Waals surface area contributed by atoms with Crippen LogP contribution in [0.1, 0.15) is 160 Å². The second-order valence-corrected chi connectivity index (χ2v) is 18.5. The molecule has 54 heavy (non-hydrogen) atoms. The Bertz CT molecular complexity index is 1610. The number of para-hydroxylation sites is 2. The van der Waals surface area contributed by atoms with E-state index in [0.717, 1.165) is 42.6 Å². The van der Waals surface area contributed by atoms with Gasteiger partial charge in [-0.1, -0.05) is 157 Å². The molecule has 9 heteroatoms. The molecule has 0 aromatic heterocycles. The number of nitrogens with zero attached hydrogens (tertiary/aromatic N) is 4. The Kier molecular flexibility index (Phi) is 16.6. The summed E-state index contributed by atoms with van der Waals surface area (Å²) < 4.78 is 0. The number of rotatable bonds is 6. The largest absolute Gasteiger partial charge is 2.00 e. The Hall–Kier alpha value is -2.73. The van der Waals surface area contributed by atoms with Crippen LogP contribution in [0.15, 0.2) is 46.4 Å². The van der Waals surface area contributed by atoms with Crippen molar-refractivity contribution >= 4 is 46.2 Å². The molecule has 0 atom stereocenters. The summed E-state index contributed by atoms with van der Waals surface area (Å²) in [6.07, 6.45) is 1.08. The van der Waals surface area contributed by atoms with Crippen LogP contribution in [0.3, 0.4) is 0 Å². The van der Waals surface area contributed by atoms with E-state index in [2.05, 4.69) is 116 Å². The minimum Gasteiger partial charge on any atom is -0.873 e. The van der Waals surface area contributed by atoms with Crippen molar-refractivity contribution in [3.05, 3.63) is 79.8 Å². The van der Waals surface area contributed by atoms with Crippen molar-refractivity contribution in [3.63, 3.8) is 0 Å². The molecule has 4 rings (SSSR count). The molecule has 3 aromatic carbocycles. The Labute approximate surface area is 347 Å². The second kappa shape index (κ2) is 18.9. The summed E-state index contributed by atoms with van der Waals surface area (Å²) in [6, 6.07) is 13.3. The number of hydrogen-bond donors (Lipinski definition) is 0. The smallest absolute Gasteiger partial charge is 0.873 e. The molecular weight excluding hydrogens is 758 g/mol. The quantitative estimate of drug-likeness (QED) is 0.232. The summed E-state index contributed by atoms with van der Waals surface area (Å²) in [7, 11) is 4.33. The van der Waals surface area contributed by atoms with Gasteiger partial charge in [0.05, 0.1) is 21.4 Å². The van der Waals surface area contributed by atoms with E-state index in [0.29, 0.717) is 34.8 Å². The summed E-state index contributed by atoms with van der Waals surface area (Å²) in [4.78, 5) is 15.5. The van der Waals surface area contributed by atoms with Crippen LogP contribution in [-0.2, 0) is 27.3 Å². The van der Waals surface area contributed by atoms with Crippen molar-refractivity contribution in [2.75, 3.05) is 27.2 Å². The zero-order valence-corrected chi connectivity index (χ0v) is 38.1. The standard InChI is InChI=1S/C31H46N4.C14H20Cl2O2.Ni/c1-20(2)24-14-11-15-25(21(3)4)28(24)32-30-31(35(10)19-13-18-34(30)9)33-29-26(22(5)6)16-12-17-27(29)23(7)8;1-13(2,3)7-9(15)10(16)8(14(4,5)6)12(18)11(7)17;/h11-12,14-17,20-23H,13,18-19H2,1-10H3;17-18H,1-6H3;/q;;+2/p-2. The summed E-state index contributed by atoms with van der Waals surface area (Å²) in [5.41, 5.74) is 7.01. The van der Waals surface area contributed by atoms with Crippen molar-refractivity contribution in [2.45, 2.75) is 138 Å². The first-order valence-electron chi connectivity index (χ1n) is 19.2. The third-order valence-corrected chi connectivity index (χ3v) is 10.7. The Balaban J connectivity index is 0.000000449. The molecule has 0 amide bonds. The zero-order valence-electron chi connectivity index (χ0n) is 35.6. The molecule has 0 saturated carbocycles. The van der Waals surface area contributed by atoms with E-state index in [9.17, 15) is 10.2 Å². The van der Waals surface area contributed by atoms with E-state index in [1.54, 1.807) is 0 Å². The molecule has 0 unspecified atom stereocenters. The molecule has 300 valence electrons. The minimum absolute atomic E-state index is 0. The molecule has 0 spiro atoms. The van der Waals surface area contributed by atoms with Gasteiger partial charge in [0.1, 0.15) is 0 Å². The monoisotopic (exact) mass is 820 g/mol. The van der Waals surface area contributed by atoms with Gasteiger partial charge in [0.25, 0.3) is 0 Å². The maximum absolute atomic E-state index is 12.2. The van der Waals surface area contributed by atoms with Gasteiger partial charge in [0.15, 0.2) is 11.7 Å². The van der Waals surface area contributed by atoms with Gasteiger partial charge >= 0.3 is 16.5 Å². The predicted octanol–water partition coefficient (Wildman–Crippen LogP) is 11.9. The van der Waals surface area contributed by atoms with Crippen LogP contribution in [0, 0.1) is 0 Å². The summed E-state index contributed by atoms with van der Waals surface area (Å²) in [5, 5.41) is 24.8. The van der Waals surface area contributed by atoms with Crippen molar-refractivity contribution < 1.29 is 26.7 Å². The molecule has 0 radical (unpaired) electrons. The van der Waals surface area contributed by atoms with E-state index >= 15 is 0 Å². The van der Waals surface area contributed by atoms with Gasteiger partial charge in [-0.15, -0.1) is 11.5 Å². The van der Waals surface area contributed by atoms with Crippen LogP contribution in [0.4, 0.5) is 11.4 Å². The molecule has 6 nitrogen and oxygen atoms in total. The molecule has 1 aliphatic rings. The molecule has 1 saturated heterocycles. The van der Waals surface area contributed by atoms with Gasteiger partial charge in [-0.2, -0.15) is 0 Å². The normalized spacial score (nSPS) is 15.7. The Morgan fingerprint density at radius 3 is 1.04 bits per heavy atom. The maximum Gasteiger partial charge on any atom is 2.00 e. The van der Waals surface area contributed by atoms with Crippen LogP contribution < -0.4 is 10.2 Å². The number of likely N-dealkylation sites (N-methyl/N-ethyl adjacent to an activating group) is 2. The Morgan fingerprint density at radius 1 is 0.556 bits per heavy atom. The second-order valence-electron chi connectivity index (χ2n) is 17.8.